The van der Waals surface area contributed by atoms with Crippen molar-refractivity contribution in [2.24, 2.45) is 0 Å². The molecule has 1 atom stereocenters. The quantitative estimate of drug-likeness (QED) is 0.937. The normalized spacial score (nSPS) is 16.1. The number of halogens is 1. The molecule has 0 saturated carbocycles. The van der Waals surface area contributed by atoms with Gasteiger partial charge in [-0.1, -0.05) is 30.3 Å². The summed E-state index contributed by atoms with van der Waals surface area (Å²) >= 11 is 0. The number of rotatable bonds is 4. The van der Waals surface area contributed by atoms with E-state index >= 15 is 0 Å². The first-order chi connectivity index (χ1) is 10.2. The van der Waals surface area contributed by atoms with E-state index in [-0.39, 0.29) is 24.2 Å². The first-order valence-corrected chi connectivity index (χ1v) is 6.96. The Morgan fingerprint density at radius 1 is 1.24 bits per heavy atom. The number of amides is 1. The van der Waals surface area contributed by atoms with Gasteiger partial charge in [-0.15, -0.1) is 0 Å². The van der Waals surface area contributed by atoms with Crippen LogP contribution in [0.2, 0.25) is 0 Å². The second-order valence-electron chi connectivity index (χ2n) is 5.16. The Morgan fingerprint density at radius 3 is 2.90 bits per heavy atom. The van der Waals surface area contributed by atoms with E-state index in [0.717, 1.165) is 12.2 Å². The second-order valence-corrected chi connectivity index (χ2v) is 5.16. The Kier molecular flexibility index (Phi) is 3.86. The molecule has 0 bridgehead atoms. The van der Waals surface area contributed by atoms with Crippen LogP contribution in [0.3, 0.4) is 0 Å². The fourth-order valence-electron chi connectivity index (χ4n) is 2.49. The molecule has 108 valence electrons. The van der Waals surface area contributed by atoms with Gasteiger partial charge in [0.05, 0.1) is 13.0 Å². The summed E-state index contributed by atoms with van der Waals surface area (Å²) in [7, 11) is 0. The number of carbonyl (C=O) groups is 1. The largest absolute Gasteiger partial charge is 0.488 e. The van der Waals surface area contributed by atoms with Gasteiger partial charge in [0, 0.05) is 6.42 Å². The van der Waals surface area contributed by atoms with E-state index in [1.165, 1.54) is 17.7 Å². The summed E-state index contributed by atoms with van der Waals surface area (Å²) in [5.74, 6) is 0.442. The summed E-state index contributed by atoms with van der Waals surface area (Å²) in [5.41, 5.74) is 1.84. The van der Waals surface area contributed by atoms with Gasteiger partial charge in [0.1, 0.15) is 17.7 Å². The lowest BCUT2D eigenvalue weighted by Gasteiger charge is -2.12. The van der Waals surface area contributed by atoms with Crippen molar-refractivity contribution in [1.82, 2.24) is 5.32 Å². The Labute approximate surface area is 122 Å². The highest BCUT2D eigenvalue weighted by Crippen LogP contribution is 2.27. The summed E-state index contributed by atoms with van der Waals surface area (Å²) < 4.78 is 18.8. The van der Waals surface area contributed by atoms with Crippen LogP contribution in [-0.4, -0.2) is 18.6 Å². The van der Waals surface area contributed by atoms with Crippen molar-refractivity contribution in [1.29, 1.82) is 0 Å². The van der Waals surface area contributed by atoms with E-state index in [0.29, 0.717) is 12.1 Å². The monoisotopic (exact) mass is 285 g/mol. The van der Waals surface area contributed by atoms with Crippen LogP contribution in [0.15, 0.2) is 48.5 Å². The number of carbonyl (C=O) groups excluding carboxylic acids is 1. The average molecular weight is 285 g/mol. The average Bonchev–Trinajstić information content (AvgIpc) is 2.88. The SMILES string of the molecule is O=C(Cc1cccc(F)c1)NCC1Cc2ccccc2O1. The first kappa shape index (κ1) is 13.6. The Hall–Kier alpha value is -2.36. The van der Waals surface area contributed by atoms with Gasteiger partial charge in [-0.25, -0.2) is 4.39 Å². The van der Waals surface area contributed by atoms with E-state index in [1.54, 1.807) is 12.1 Å². The molecule has 21 heavy (non-hydrogen) atoms. The fourth-order valence-corrected chi connectivity index (χ4v) is 2.49. The Bertz CT molecular complexity index is 632. The third kappa shape index (κ3) is 3.40. The molecular formula is C17H16FNO2. The minimum absolute atomic E-state index is 0.0288. The van der Waals surface area contributed by atoms with Crippen molar-refractivity contribution >= 4 is 5.91 Å². The van der Waals surface area contributed by atoms with Gasteiger partial charge in [-0.3, -0.25) is 4.79 Å². The van der Waals surface area contributed by atoms with Crippen LogP contribution in [-0.2, 0) is 17.6 Å². The smallest absolute Gasteiger partial charge is 0.224 e. The molecule has 0 aromatic heterocycles. The molecule has 4 heteroatoms. The first-order valence-electron chi connectivity index (χ1n) is 6.96. The summed E-state index contributed by atoms with van der Waals surface area (Å²) in [6.45, 7) is 0.461. The van der Waals surface area contributed by atoms with Gasteiger partial charge in [0.2, 0.25) is 5.91 Å². The Balaban J connectivity index is 1.49. The standard InChI is InChI=1S/C17H16FNO2/c18-14-6-3-4-12(8-14)9-17(20)19-11-15-10-13-5-1-2-7-16(13)21-15/h1-8,15H,9-11H2,(H,19,20). The van der Waals surface area contributed by atoms with E-state index < -0.39 is 0 Å². The summed E-state index contributed by atoms with van der Waals surface area (Å²) in [5, 5.41) is 2.84. The van der Waals surface area contributed by atoms with Crippen LogP contribution in [0, 0.1) is 5.82 Å². The van der Waals surface area contributed by atoms with Crippen molar-refractivity contribution in [3.63, 3.8) is 0 Å². The minimum atomic E-state index is -0.324. The molecule has 1 amide bonds. The molecule has 0 fully saturated rings. The molecule has 1 unspecified atom stereocenters. The topological polar surface area (TPSA) is 38.3 Å². The highest BCUT2D eigenvalue weighted by molar-refractivity contribution is 5.78. The molecule has 3 nitrogen and oxygen atoms in total. The fraction of sp³-hybridized carbons (Fsp3) is 0.235. The van der Waals surface area contributed by atoms with Crippen molar-refractivity contribution in [3.8, 4) is 5.75 Å². The molecular weight excluding hydrogens is 269 g/mol. The van der Waals surface area contributed by atoms with Crippen LogP contribution in [0.4, 0.5) is 4.39 Å². The predicted molar refractivity (Wildman–Crippen MR) is 77.7 cm³/mol. The molecule has 1 heterocycles. The number of benzene rings is 2. The van der Waals surface area contributed by atoms with Crippen molar-refractivity contribution < 1.29 is 13.9 Å². The zero-order valence-electron chi connectivity index (χ0n) is 11.5. The molecule has 0 saturated heterocycles. The number of fused-ring (bicyclic) bond motifs is 1. The minimum Gasteiger partial charge on any atom is -0.488 e. The van der Waals surface area contributed by atoms with Crippen molar-refractivity contribution in [2.45, 2.75) is 18.9 Å². The molecule has 2 aromatic rings. The maximum Gasteiger partial charge on any atom is 0.224 e. The Morgan fingerprint density at radius 2 is 2.10 bits per heavy atom. The van der Waals surface area contributed by atoms with Gasteiger partial charge in [-0.2, -0.15) is 0 Å². The number of hydrogen-bond donors (Lipinski definition) is 1. The van der Waals surface area contributed by atoms with E-state index in [2.05, 4.69) is 5.32 Å². The maximum atomic E-state index is 13.0. The highest BCUT2D eigenvalue weighted by Gasteiger charge is 2.22. The van der Waals surface area contributed by atoms with E-state index in [9.17, 15) is 9.18 Å². The predicted octanol–water partition coefficient (Wildman–Crippen LogP) is 2.49. The van der Waals surface area contributed by atoms with Gasteiger partial charge in [0.25, 0.3) is 0 Å². The lowest BCUT2D eigenvalue weighted by Crippen LogP contribution is -2.35. The van der Waals surface area contributed by atoms with Crippen LogP contribution < -0.4 is 10.1 Å². The number of para-hydroxylation sites is 1. The van der Waals surface area contributed by atoms with E-state index in [1.807, 2.05) is 24.3 Å². The molecule has 1 aliphatic heterocycles. The van der Waals surface area contributed by atoms with Crippen molar-refractivity contribution in [2.75, 3.05) is 6.54 Å². The molecule has 0 aliphatic carbocycles. The molecule has 3 rings (SSSR count). The van der Waals surface area contributed by atoms with Gasteiger partial charge in [-0.05, 0) is 29.3 Å². The van der Waals surface area contributed by atoms with Crippen molar-refractivity contribution in [3.05, 3.63) is 65.5 Å². The van der Waals surface area contributed by atoms with Crippen LogP contribution in [0.1, 0.15) is 11.1 Å². The number of nitrogens with one attached hydrogen (secondary N) is 1. The van der Waals surface area contributed by atoms with Gasteiger partial charge < -0.3 is 10.1 Å². The second kappa shape index (κ2) is 5.95. The van der Waals surface area contributed by atoms with Crippen LogP contribution in [0.25, 0.3) is 0 Å². The zero-order valence-corrected chi connectivity index (χ0v) is 11.5. The van der Waals surface area contributed by atoms with Gasteiger partial charge >= 0.3 is 0 Å². The zero-order chi connectivity index (χ0) is 14.7. The lowest BCUT2D eigenvalue weighted by molar-refractivity contribution is -0.120. The summed E-state index contributed by atoms with van der Waals surface area (Å²) in [6.07, 6.45) is 0.951. The summed E-state index contributed by atoms with van der Waals surface area (Å²) in [4.78, 5) is 11.9. The molecule has 1 N–H and O–H groups in total. The third-order valence-electron chi connectivity index (χ3n) is 3.49. The highest BCUT2D eigenvalue weighted by atomic mass is 19.1. The number of ether oxygens (including phenoxy) is 1. The molecule has 0 radical (unpaired) electrons. The van der Waals surface area contributed by atoms with E-state index in [4.69, 9.17) is 4.74 Å². The third-order valence-corrected chi connectivity index (χ3v) is 3.49. The molecule has 0 spiro atoms. The molecule has 1 aliphatic rings. The van der Waals surface area contributed by atoms with Crippen LogP contribution >= 0.6 is 0 Å². The maximum absolute atomic E-state index is 13.0. The molecule has 2 aromatic carbocycles. The van der Waals surface area contributed by atoms with Gasteiger partial charge in [0.15, 0.2) is 0 Å². The number of hydrogen-bond acceptors (Lipinski definition) is 2. The summed E-state index contributed by atoms with van der Waals surface area (Å²) in [6, 6.07) is 14.0. The van der Waals surface area contributed by atoms with Crippen LogP contribution in [0.5, 0.6) is 5.75 Å². The lowest BCUT2D eigenvalue weighted by atomic mass is 10.1.